The van der Waals surface area contributed by atoms with Gasteiger partial charge in [0.05, 0.1) is 20.8 Å². The van der Waals surface area contributed by atoms with Gasteiger partial charge in [-0.15, -0.1) is 6.58 Å². The lowest BCUT2D eigenvalue weighted by molar-refractivity contribution is -0.131. The van der Waals surface area contributed by atoms with Gasteiger partial charge < -0.3 is 19.7 Å². The van der Waals surface area contributed by atoms with Crippen molar-refractivity contribution in [3.63, 3.8) is 0 Å². The minimum atomic E-state index is 0.109. The molecule has 0 aromatic heterocycles. The van der Waals surface area contributed by atoms with Crippen LogP contribution in [0, 0.1) is 0 Å². The zero-order valence-electron chi connectivity index (χ0n) is 12.6. The van der Waals surface area contributed by atoms with E-state index >= 15 is 0 Å². The highest BCUT2D eigenvalue weighted by molar-refractivity contribution is 5.78. The van der Waals surface area contributed by atoms with Crippen molar-refractivity contribution < 1.29 is 14.3 Å². The predicted molar refractivity (Wildman–Crippen MR) is 81.7 cm³/mol. The molecule has 0 aliphatic carbocycles. The molecule has 0 fully saturated rings. The van der Waals surface area contributed by atoms with Crippen LogP contribution in [-0.4, -0.2) is 44.7 Å². The highest BCUT2D eigenvalue weighted by atomic mass is 16.5. The van der Waals surface area contributed by atoms with Gasteiger partial charge in [0.1, 0.15) is 0 Å². The summed E-state index contributed by atoms with van der Waals surface area (Å²) in [4.78, 5) is 14.0. The standard InChI is InChI=1S/C16H22N2O3/c1-4-6-17-10-16(19)18-7-5-12-8-14(20-2)15(21-3)9-13(12)11-18/h4,8-9,17H,1,5-7,10-11H2,2-3H3. The summed E-state index contributed by atoms with van der Waals surface area (Å²) in [7, 11) is 3.25. The van der Waals surface area contributed by atoms with E-state index in [2.05, 4.69) is 11.9 Å². The van der Waals surface area contributed by atoms with Crippen LogP contribution < -0.4 is 14.8 Å². The zero-order chi connectivity index (χ0) is 15.2. The van der Waals surface area contributed by atoms with Gasteiger partial charge in [-0.05, 0) is 29.7 Å². The van der Waals surface area contributed by atoms with Crippen LogP contribution in [0.5, 0.6) is 11.5 Å². The minimum absolute atomic E-state index is 0.109. The van der Waals surface area contributed by atoms with Crippen molar-refractivity contribution in [1.82, 2.24) is 10.2 Å². The molecule has 5 heteroatoms. The molecule has 1 aliphatic heterocycles. The molecular weight excluding hydrogens is 268 g/mol. The Morgan fingerprint density at radius 1 is 1.33 bits per heavy atom. The summed E-state index contributed by atoms with van der Waals surface area (Å²) in [6.07, 6.45) is 2.58. The lowest BCUT2D eigenvalue weighted by Gasteiger charge is -2.29. The summed E-state index contributed by atoms with van der Waals surface area (Å²) in [5.74, 6) is 1.55. The van der Waals surface area contributed by atoms with E-state index in [0.717, 1.165) is 24.3 Å². The normalized spacial score (nSPS) is 13.5. The maximum Gasteiger partial charge on any atom is 0.236 e. The molecule has 1 N–H and O–H groups in total. The second-order valence-corrected chi connectivity index (χ2v) is 4.96. The number of rotatable bonds is 6. The Hall–Kier alpha value is -2.01. The second kappa shape index (κ2) is 7.13. The van der Waals surface area contributed by atoms with Crippen molar-refractivity contribution in [2.75, 3.05) is 33.9 Å². The Morgan fingerprint density at radius 2 is 2.00 bits per heavy atom. The van der Waals surface area contributed by atoms with Gasteiger partial charge >= 0.3 is 0 Å². The van der Waals surface area contributed by atoms with E-state index in [1.165, 1.54) is 5.56 Å². The summed E-state index contributed by atoms with van der Waals surface area (Å²) in [5, 5.41) is 3.04. The molecule has 1 aromatic rings. The Kier molecular flexibility index (Phi) is 5.22. The monoisotopic (exact) mass is 290 g/mol. The molecule has 1 amide bonds. The lowest BCUT2D eigenvalue weighted by Crippen LogP contribution is -2.41. The van der Waals surface area contributed by atoms with Crippen molar-refractivity contribution in [3.05, 3.63) is 35.9 Å². The molecule has 1 aliphatic rings. The van der Waals surface area contributed by atoms with Gasteiger partial charge in [-0.1, -0.05) is 6.08 Å². The molecule has 0 atom stereocenters. The number of carbonyl (C=O) groups is 1. The number of methoxy groups -OCH3 is 2. The molecule has 0 bridgehead atoms. The van der Waals surface area contributed by atoms with Gasteiger partial charge in [0.2, 0.25) is 5.91 Å². The van der Waals surface area contributed by atoms with E-state index in [1.54, 1.807) is 20.3 Å². The first-order valence-corrected chi connectivity index (χ1v) is 7.02. The molecule has 114 valence electrons. The third-order valence-electron chi connectivity index (χ3n) is 3.64. The molecule has 0 radical (unpaired) electrons. The van der Waals surface area contributed by atoms with Crippen LogP contribution in [-0.2, 0) is 17.8 Å². The van der Waals surface area contributed by atoms with Crippen LogP contribution in [0.3, 0.4) is 0 Å². The number of hydrogen-bond donors (Lipinski definition) is 1. The largest absolute Gasteiger partial charge is 0.493 e. The summed E-state index contributed by atoms with van der Waals surface area (Å²) < 4.78 is 10.6. The predicted octanol–water partition coefficient (Wildman–Crippen LogP) is 1.36. The first-order chi connectivity index (χ1) is 10.2. The first-order valence-electron chi connectivity index (χ1n) is 7.02. The number of nitrogens with one attached hydrogen (secondary N) is 1. The molecule has 0 spiro atoms. The first kappa shape index (κ1) is 15.4. The van der Waals surface area contributed by atoms with Crippen LogP contribution in [0.15, 0.2) is 24.8 Å². The maximum atomic E-state index is 12.1. The van der Waals surface area contributed by atoms with Gasteiger partial charge in [-0.25, -0.2) is 0 Å². The van der Waals surface area contributed by atoms with Crippen molar-refractivity contribution in [2.45, 2.75) is 13.0 Å². The molecule has 5 nitrogen and oxygen atoms in total. The number of hydrogen-bond acceptors (Lipinski definition) is 4. The number of fused-ring (bicyclic) bond motifs is 1. The maximum absolute atomic E-state index is 12.1. The Balaban J connectivity index is 2.09. The topological polar surface area (TPSA) is 50.8 Å². The molecule has 1 heterocycles. The van der Waals surface area contributed by atoms with Gasteiger partial charge in [0.15, 0.2) is 11.5 Å². The van der Waals surface area contributed by atoms with Gasteiger partial charge in [-0.3, -0.25) is 4.79 Å². The quantitative estimate of drug-likeness (QED) is 0.635. The van der Waals surface area contributed by atoms with Crippen LogP contribution in [0.4, 0.5) is 0 Å². The Morgan fingerprint density at radius 3 is 2.62 bits per heavy atom. The molecule has 2 rings (SSSR count). The lowest BCUT2D eigenvalue weighted by atomic mass is 9.98. The van der Waals surface area contributed by atoms with E-state index in [0.29, 0.717) is 25.4 Å². The Bertz CT molecular complexity index is 528. The third kappa shape index (κ3) is 3.55. The summed E-state index contributed by atoms with van der Waals surface area (Å²) >= 11 is 0. The smallest absolute Gasteiger partial charge is 0.236 e. The fraction of sp³-hybridized carbons (Fsp3) is 0.438. The van der Waals surface area contributed by atoms with Crippen LogP contribution in [0.1, 0.15) is 11.1 Å². The average molecular weight is 290 g/mol. The van der Waals surface area contributed by atoms with E-state index in [-0.39, 0.29) is 5.91 Å². The van der Waals surface area contributed by atoms with Crippen LogP contribution >= 0.6 is 0 Å². The van der Waals surface area contributed by atoms with E-state index in [9.17, 15) is 4.79 Å². The van der Waals surface area contributed by atoms with Gasteiger partial charge in [-0.2, -0.15) is 0 Å². The summed E-state index contributed by atoms with van der Waals surface area (Å²) in [6, 6.07) is 3.97. The van der Waals surface area contributed by atoms with Crippen LogP contribution in [0.25, 0.3) is 0 Å². The molecule has 1 aromatic carbocycles. The number of amides is 1. The number of carbonyl (C=O) groups excluding carboxylic acids is 1. The average Bonchev–Trinajstić information content (AvgIpc) is 2.52. The third-order valence-corrected chi connectivity index (χ3v) is 3.64. The summed E-state index contributed by atoms with van der Waals surface area (Å²) in [6.45, 7) is 5.95. The fourth-order valence-electron chi connectivity index (χ4n) is 2.49. The fourth-order valence-corrected chi connectivity index (χ4v) is 2.49. The van der Waals surface area contributed by atoms with E-state index in [4.69, 9.17) is 9.47 Å². The molecular formula is C16H22N2O3. The van der Waals surface area contributed by atoms with Crippen molar-refractivity contribution in [3.8, 4) is 11.5 Å². The molecule has 0 saturated carbocycles. The minimum Gasteiger partial charge on any atom is -0.493 e. The molecule has 21 heavy (non-hydrogen) atoms. The van der Waals surface area contributed by atoms with Crippen molar-refractivity contribution >= 4 is 5.91 Å². The highest BCUT2D eigenvalue weighted by Gasteiger charge is 2.22. The number of ether oxygens (including phenoxy) is 2. The van der Waals surface area contributed by atoms with Crippen LogP contribution in [0.2, 0.25) is 0 Å². The van der Waals surface area contributed by atoms with Gasteiger partial charge in [0.25, 0.3) is 0 Å². The molecule has 0 unspecified atom stereocenters. The Labute approximate surface area is 125 Å². The zero-order valence-corrected chi connectivity index (χ0v) is 12.6. The SMILES string of the molecule is C=CCNCC(=O)N1CCc2cc(OC)c(OC)cc2C1. The van der Waals surface area contributed by atoms with Gasteiger partial charge in [0, 0.05) is 19.6 Å². The number of benzene rings is 1. The summed E-state index contributed by atoms with van der Waals surface area (Å²) in [5.41, 5.74) is 2.34. The molecule has 0 saturated heterocycles. The van der Waals surface area contributed by atoms with E-state index in [1.807, 2.05) is 17.0 Å². The van der Waals surface area contributed by atoms with E-state index < -0.39 is 0 Å². The van der Waals surface area contributed by atoms with Crippen molar-refractivity contribution in [2.24, 2.45) is 0 Å². The highest BCUT2D eigenvalue weighted by Crippen LogP contribution is 2.33. The second-order valence-electron chi connectivity index (χ2n) is 4.96. The van der Waals surface area contributed by atoms with Crippen molar-refractivity contribution in [1.29, 1.82) is 0 Å². The number of nitrogens with zero attached hydrogens (tertiary/aromatic N) is 1.